The minimum Gasteiger partial charge on any atom is -0.505 e. The van der Waals surface area contributed by atoms with E-state index in [-0.39, 0.29) is 61.6 Å². The Bertz CT molecular complexity index is 5360. The minimum absolute atomic E-state index is 0.109. The van der Waals surface area contributed by atoms with E-state index in [2.05, 4.69) is 222 Å². The number of ether oxygens (including phenoxy) is 1. The molecule has 3 fully saturated rings. The van der Waals surface area contributed by atoms with E-state index in [0.29, 0.717) is 11.0 Å². The maximum absolute atomic E-state index is 12.1. The number of hydrogen-bond donors (Lipinski definition) is 2. The predicted octanol–water partition coefficient (Wildman–Crippen LogP) is 24.2. The molecule has 6 atom stereocenters. The fourth-order valence-electron chi connectivity index (χ4n) is 20.1. The number of pyridine rings is 3. The summed E-state index contributed by atoms with van der Waals surface area (Å²) in [6.45, 7) is 50.6. The molecule has 6 bridgehead atoms. The number of aryl methyl sites for hydroxylation is 2. The summed E-state index contributed by atoms with van der Waals surface area (Å²) in [6.07, 6.45) is 15.2. The van der Waals surface area contributed by atoms with Crippen molar-refractivity contribution in [3.63, 3.8) is 0 Å². The quantitative estimate of drug-likeness (QED) is 0.147. The van der Waals surface area contributed by atoms with Gasteiger partial charge in [0.1, 0.15) is 39.5 Å². The smallest absolute Gasteiger partial charge is 0.147 e. The summed E-state index contributed by atoms with van der Waals surface area (Å²) in [4.78, 5) is 15.3. The summed E-state index contributed by atoms with van der Waals surface area (Å²) < 4.78 is 13.0. The number of hydrogen-bond acceptors (Lipinski definition) is 6. The van der Waals surface area contributed by atoms with Gasteiger partial charge in [0, 0.05) is 50.8 Å². The summed E-state index contributed by atoms with van der Waals surface area (Å²) in [5.74, 6) is 3.63. The summed E-state index contributed by atoms with van der Waals surface area (Å²) in [5, 5.41) is 31.5. The van der Waals surface area contributed by atoms with E-state index in [9.17, 15) is 10.2 Å². The van der Waals surface area contributed by atoms with Gasteiger partial charge in [0.2, 0.25) is 0 Å². The number of fused-ring (bicyclic) bond motifs is 32. The fourth-order valence-corrected chi connectivity index (χ4v) is 20.1. The van der Waals surface area contributed by atoms with Crippen molar-refractivity contribution in [2.45, 2.75) is 274 Å². The van der Waals surface area contributed by atoms with Crippen LogP contribution in [-0.2, 0) is 31.8 Å². The number of nitrogens with zero attached hydrogens (tertiary/aromatic N) is 6. The molecule has 0 radical (unpaired) electrons. The van der Waals surface area contributed by atoms with Crippen LogP contribution in [0.5, 0.6) is 11.5 Å². The third-order valence-electron chi connectivity index (χ3n) is 28.0. The Morgan fingerprint density at radius 3 is 1.36 bits per heavy atom. The zero-order valence-corrected chi connectivity index (χ0v) is 63.3. The molecule has 6 aromatic carbocycles. The summed E-state index contributed by atoms with van der Waals surface area (Å²) in [6, 6.07) is 30.6. The number of aromatic nitrogens is 6. The molecule has 8 heterocycles. The molecule has 0 spiro atoms. The van der Waals surface area contributed by atoms with Gasteiger partial charge in [0.05, 0.1) is 34.3 Å². The van der Waals surface area contributed by atoms with Gasteiger partial charge in [-0.2, -0.15) is 0 Å². The molecular formula is C89H108N6O3. The first-order valence-corrected chi connectivity index (χ1v) is 37.8. The van der Waals surface area contributed by atoms with Crippen molar-refractivity contribution in [3.8, 4) is 11.5 Å². The lowest BCUT2D eigenvalue weighted by Crippen LogP contribution is -2.42. The lowest BCUT2D eigenvalue weighted by molar-refractivity contribution is 0.0717. The Balaban J connectivity index is 0.000000118. The number of phenolic OH excluding ortho intramolecular Hbond substituents is 2. The van der Waals surface area contributed by atoms with Gasteiger partial charge in [-0.25, -0.2) is 15.0 Å². The van der Waals surface area contributed by atoms with E-state index in [1.807, 2.05) is 41.5 Å². The van der Waals surface area contributed by atoms with Gasteiger partial charge in [0.25, 0.3) is 0 Å². The maximum atomic E-state index is 12.1. The van der Waals surface area contributed by atoms with Gasteiger partial charge in [-0.15, -0.1) is 0 Å². The van der Waals surface area contributed by atoms with Crippen molar-refractivity contribution in [1.29, 1.82) is 0 Å². The Hall–Kier alpha value is -7.49. The molecule has 20 rings (SSSR count). The molecule has 0 amide bonds. The Labute approximate surface area is 581 Å². The van der Waals surface area contributed by atoms with Gasteiger partial charge in [0.15, 0.2) is 0 Å². The molecule has 1 saturated heterocycles. The highest BCUT2D eigenvalue weighted by Gasteiger charge is 2.61. The van der Waals surface area contributed by atoms with Crippen molar-refractivity contribution in [1.82, 2.24) is 28.2 Å². The highest BCUT2D eigenvalue weighted by Crippen LogP contribution is 2.68. The van der Waals surface area contributed by atoms with Crippen LogP contribution >= 0.6 is 0 Å². The van der Waals surface area contributed by atoms with E-state index >= 15 is 0 Å². The molecule has 8 aliphatic rings. The molecule has 9 heteroatoms. The maximum Gasteiger partial charge on any atom is 0.147 e. The van der Waals surface area contributed by atoms with Crippen LogP contribution in [0.25, 0.3) is 82.4 Å². The van der Waals surface area contributed by atoms with E-state index in [1.165, 1.54) is 104 Å². The second-order valence-electron chi connectivity index (χ2n) is 34.3. The second-order valence-corrected chi connectivity index (χ2v) is 34.3. The highest BCUT2D eigenvalue weighted by atomic mass is 16.5. The van der Waals surface area contributed by atoms with Gasteiger partial charge in [-0.3, -0.25) is 13.2 Å². The largest absolute Gasteiger partial charge is 0.505 e. The normalized spacial score (nSPS) is 23.5. The van der Waals surface area contributed by atoms with E-state index in [4.69, 9.17) is 19.7 Å². The Morgan fingerprint density at radius 2 is 0.847 bits per heavy atom. The third-order valence-corrected chi connectivity index (χ3v) is 28.0. The summed E-state index contributed by atoms with van der Waals surface area (Å²) in [7, 11) is 0. The first kappa shape index (κ1) is 66.4. The molecule has 2 saturated carbocycles. The Morgan fingerprint density at radius 1 is 0.439 bits per heavy atom. The van der Waals surface area contributed by atoms with E-state index < -0.39 is 0 Å². The molecule has 2 aliphatic heterocycles. The summed E-state index contributed by atoms with van der Waals surface area (Å²) >= 11 is 0. The topological polar surface area (TPSA) is 102 Å². The molecular weight excluding hydrogens is 1200 g/mol. The van der Waals surface area contributed by atoms with Crippen LogP contribution in [0.3, 0.4) is 0 Å². The second kappa shape index (κ2) is 22.0. The van der Waals surface area contributed by atoms with Gasteiger partial charge in [-0.05, 0) is 260 Å². The molecule has 12 aromatic rings. The van der Waals surface area contributed by atoms with Crippen molar-refractivity contribution < 1.29 is 14.9 Å². The molecule has 6 unspecified atom stereocenters. The first-order chi connectivity index (χ1) is 46.4. The van der Waals surface area contributed by atoms with E-state index in [0.717, 1.165) is 92.1 Å². The number of aromatic hydroxyl groups is 2. The lowest BCUT2D eigenvalue weighted by atomic mass is 9.59. The molecule has 512 valence electrons. The van der Waals surface area contributed by atoms with Crippen molar-refractivity contribution in [3.05, 3.63) is 164 Å². The lowest BCUT2D eigenvalue weighted by Gasteiger charge is -2.44. The number of benzene rings is 6. The average molecular weight is 1310 g/mol. The zero-order chi connectivity index (χ0) is 70.1. The van der Waals surface area contributed by atoms with Gasteiger partial charge < -0.3 is 14.9 Å². The molecule has 98 heavy (non-hydrogen) atoms. The third kappa shape index (κ3) is 8.68. The monoisotopic (exact) mass is 1310 g/mol. The number of phenols is 2. The van der Waals surface area contributed by atoms with Crippen LogP contribution in [0.2, 0.25) is 0 Å². The highest BCUT2D eigenvalue weighted by molar-refractivity contribution is 6.05. The average Bonchev–Trinajstić information content (AvgIpc) is 1.52. The molecule has 9 nitrogen and oxygen atoms in total. The SMILES string of the molecule is CC.CC.CC.CC(C)(C)c1cc2cc3c(cc2c2nc4c(O)c5c(c(O)c4n12)C(C)(C)C(C)(C)C5(C)C)C1CCC3O1.CC1(C)c2cc3nc4c5cc6c(cc5ccn4c3cc2C(C)(C)C1(C)C)C1CCC6C1.Cc1cc2nc3c4cc5c(cc4ccn3c2cc1C)C1CCC5C1. The fraction of sp³-hybridized carbons (Fsp3) is 0.494. The van der Waals surface area contributed by atoms with Crippen molar-refractivity contribution >= 4 is 82.4 Å². The number of imidazole rings is 3. The summed E-state index contributed by atoms with van der Waals surface area (Å²) in [5.41, 5.74) is 25.4. The van der Waals surface area contributed by atoms with Crippen LogP contribution < -0.4 is 0 Å². The van der Waals surface area contributed by atoms with Crippen LogP contribution in [0.4, 0.5) is 0 Å². The van der Waals surface area contributed by atoms with Crippen molar-refractivity contribution in [2.24, 2.45) is 10.8 Å². The van der Waals surface area contributed by atoms with Crippen molar-refractivity contribution in [2.75, 3.05) is 0 Å². The van der Waals surface area contributed by atoms with Crippen LogP contribution in [0, 0.1) is 24.7 Å². The van der Waals surface area contributed by atoms with Crippen LogP contribution in [-0.4, -0.2) is 38.4 Å². The molecule has 6 aromatic heterocycles. The first-order valence-electron chi connectivity index (χ1n) is 37.8. The van der Waals surface area contributed by atoms with Crippen LogP contribution in [0.1, 0.15) is 305 Å². The predicted molar refractivity (Wildman–Crippen MR) is 410 cm³/mol. The molecule has 6 aliphatic carbocycles. The Kier molecular flexibility index (Phi) is 14.9. The standard InChI is InChI=1S/C32H38N2O3.C29H32N2.C22H20N2.3C2H6/c1-29(2,3)21-13-15-12-17-18(20-11-10-19(17)37-20)14-16(15)28-33-24-25(34(21)28)27(36)23-22(26(24)35)30(4,5)32(8,9)31(23,6)7;1-27(2)22-14-24-25(15-23(22)28(3,4)29(27,5)6)31-10-9-18-12-19-16-7-8-17(11-16)20(19)13-21(18)26(31)30-24;1-12-7-20-21(8-13(12)2)24-6-5-16-10-17-14-3-4-15(9-14)18(17)11-19(16)22(24)23-20;3*1-2/h12-14,19-20,35-36H,10-11H2,1-9H3;9-10,12-17H,7-8,11H2,1-6H3;5-8,10-11,14-15H,3-4,9H2,1-2H3;3*1-2H3. The zero-order valence-electron chi connectivity index (χ0n) is 63.3. The minimum atomic E-state index is -0.359. The van der Waals surface area contributed by atoms with Crippen LogP contribution in [0.15, 0.2) is 91.3 Å². The number of rotatable bonds is 0. The van der Waals surface area contributed by atoms with E-state index in [1.54, 1.807) is 22.3 Å². The van der Waals surface area contributed by atoms with Gasteiger partial charge in [-0.1, -0.05) is 158 Å². The molecule has 2 N–H and O–H groups in total. The van der Waals surface area contributed by atoms with Gasteiger partial charge >= 0.3 is 0 Å².